The number of anilines is 2. The number of ether oxygens (including phenoxy) is 2. The molecule has 2 fully saturated rings. The Balaban J connectivity index is 1.37. The first-order valence-electron chi connectivity index (χ1n) is 13.9. The molecule has 1 aromatic carbocycles. The zero-order chi connectivity index (χ0) is 29.3. The number of carbonyl (C=O) groups excluding carboxylic acids is 1. The third-order valence-electron chi connectivity index (χ3n) is 8.04. The molecule has 5 aromatic rings. The summed E-state index contributed by atoms with van der Waals surface area (Å²) >= 11 is 0. The average Bonchev–Trinajstić information content (AvgIpc) is 3.48. The normalized spacial score (nSPS) is 20.1. The fraction of sp³-hybridized carbons (Fsp3) is 0.367. The highest BCUT2D eigenvalue weighted by Gasteiger charge is 2.46. The van der Waals surface area contributed by atoms with Crippen LogP contribution in [0.2, 0.25) is 0 Å². The molecule has 12 heteroatoms. The van der Waals surface area contributed by atoms with Gasteiger partial charge in [-0.05, 0) is 63.3 Å². The van der Waals surface area contributed by atoms with Crippen LogP contribution >= 0.6 is 0 Å². The van der Waals surface area contributed by atoms with Gasteiger partial charge in [-0.3, -0.25) is 14.9 Å². The number of carbonyl (C=O) groups is 1. The molecule has 5 heterocycles. The quantitative estimate of drug-likeness (QED) is 0.301. The number of benzene rings is 1. The summed E-state index contributed by atoms with van der Waals surface area (Å²) in [6, 6.07) is 8.46. The SMILES string of the molecule is CN(C(=O)OC(C)(C)C)c1cc(F)cc2c1[nH]c1nc(Oc3cnc4cccnc4c3)nc(N3CC4CC(N)C4C3)c12. The second-order valence-corrected chi connectivity index (χ2v) is 12.1. The summed E-state index contributed by atoms with van der Waals surface area (Å²) in [5.74, 6) is 1.39. The lowest BCUT2D eigenvalue weighted by molar-refractivity contribution is 0.0589. The van der Waals surface area contributed by atoms with Gasteiger partial charge in [0.05, 0.1) is 33.8 Å². The van der Waals surface area contributed by atoms with Crippen LogP contribution in [0.25, 0.3) is 33.0 Å². The van der Waals surface area contributed by atoms with Crippen molar-refractivity contribution in [3.8, 4) is 11.8 Å². The fourth-order valence-corrected chi connectivity index (χ4v) is 6.00. The molecule has 1 saturated carbocycles. The first kappa shape index (κ1) is 26.3. The van der Waals surface area contributed by atoms with Crippen molar-refractivity contribution in [1.82, 2.24) is 24.9 Å². The van der Waals surface area contributed by atoms with E-state index in [1.165, 1.54) is 17.0 Å². The highest BCUT2D eigenvalue weighted by atomic mass is 19.1. The van der Waals surface area contributed by atoms with Gasteiger partial charge in [0.25, 0.3) is 0 Å². The Hall–Kier alpha value is -4.58. The molecule has 1 aliphatic heterocycles. The largest absolute Gasteiger partial charge is 0.443 e. The Morgan fingerprint density at radius 2 is 2.00 bits per heavy atom. The van der Waals surface area contributed by atoms with E-state index in [1.54, 1.807) is 46.3 Å². The summed E-state index contributed by atoms with van der Waals surface area (Å²) in [5.41, 5.74) is 8.31. The molecule has 3 unspecified atom stereocenters. The molecule has 7 rings (SSSR count). The molecule has 1 aliphatic carbocycles. The molecule has 3 N–H and O–H groups in total. The van der Waals surface area contributed by atoms with Crippen molar-refractivity contribution in [3.63, 3.8) is 0 Å². The Morgan fingerprint density at radius 1 is 1.17 bits per heavy atom. The number of halogens is 1. The van der Waals surface area contributed by atoms with E-state index in [1.807, 2.05) is 12.1 Å². The van der Waals surface area contributed by atoms with E-state index in [0.717, 1.165) is 25.0 Å². The van der Waals surface area contributed by atoms with Crippen LogP contribution in [0.15, 0.2) is 42.7 Å². The van der Waals surface area contributed by atoms with Crippen molar-refractivity contribution in [1.29, 1.82) is 0 Å². The molecule has 0 bridgehead atoms. The minimum Gasteiger partial charge on any atom is -0.443 e. The number of nitrogens with zero attached hydrogens (tertiary/aromatic N) is 6. The Labute approximate surface area is 240 Å². The third-order valence-corrected chi connectivity index (χ3v) is 8.04. The van der Waals surface area contributed by atoms with Gasteiger partial charge in [-0.25, -0.2) is 9.18 Å². The van der Waals surface area contributed by atoms with Crippen molar-refractivity contribution in [2.75, 3.05) is 29.9 Å². The topological polar surface area (TPSA) is 135 Å². The number of pyridine rings is 2. The number of rotatable bonds is 4. The van der Waals surface area contributed by atoms with Gasteiger partial charge in [-0.15, -0.1) is 0 Å². The molecule has 216 valence electrons. The molecule has 3 atom stereocenters. The van der Waals surface area contributed by atoms with Crippen LogP contribution in [-0.2, 0) is 4.74 Å². The Bertz CT molecular complexity index is 1870. The van der Waals surface area contributed by atoms with Gasteiger partial charge in [-0.1, -0.05) is 0 Å². The molecular weight excluding hydrogens is 539 g/mol. The number of aromatic amines is 1. The monoisotopic (exact) mass is 570 g/mol. The van der Waals surface area contributed by atoms with Crippen molar-refractivity contribution in [2.45, 2.75) is 38.8 Å². The molecule has 11 nitrogen and oxygen atoms in total. The number of hydrogen-bond acceptors (Lipinski definition) is 9. The smallest absolute Gasteiger partial charge is 0.414 e. The van der Waals surface area contributed by atoms with Gasteiger partial charge >= 0.3 is 12.1 Å². The van der Waals surface area contributed by atoms with Gasteiger partial charge in [0.15, 0.2) is 5.75 Å². The van der Waals surface area contributed by atoms with E-state index in [4.69, 9.17) is 20.2 Å². The number of nitrogens with one attached hydrogen (secondary N) is 1. The predicted octanol–water partition coefficient (Wildman–Crippen LogP) is 5.14. The van der Waals surface area contributed by atoms with Gasteiger partial charge < -0.3 is 25.1 Å². The van der Waals surface area contributed by atoms with E-state index in [9.17, 15) is 4.79 Å². The summed E-state index contributed by atoms with van der Waals surface area (Å²) in [5, 5.41) is 1.20. The lowest BCUT2D eigenvalue weighted by Crippen LogP contribution is -2.46. The minimum absolute atomic E-state index is 0.104. The number of amides is 1. The van der Waals surface area contributed by atoms with Crippen molar-refractivity contribution < 1.29 is 18.7 Å². The highest BCUT2D eigenvalue weighted by molar-refractivity contribution is 6.16. The van der Waals surface area contributed by atoms with E-state index in [0.29, 0.717) is 56.5 Å². The zero-order valence-electron chi connectivity index (χ0n) is 23.8. The van der Waals surface area contributed by atoms with E-state index >= 15 is 4.39 Å². The molecule has 42 heavy (non-hydrogen) atoms. The summed E-state index contributed by atoms with van der Waals surface area (Å²) in [4.78, 5) is 38.0. The van der Waals surface area contributed by atoms with Gasteiger partial charge in [0.1, 0.15) is 22.9 Å². The number of fused-ring (bicyclic) bond motifs is 5. The molecular formula is C30H31FN8O3. The van der Waals surface area contributed by atoms with Crippen molar-refractivity contribution in [2.24, 2.45) is 17.6 Å². The lowest BCUT2D eigenvalue weighted by Gasteiger charge is -2.36. The third kappa shape index (κ3) is 4.51. The van der Waals surface area contributed by atoms with Crippen LogP contribution in [0.4, 0.5) is 20.7 Å². The predicted molar refractivity (Wildman–Crippen MR) is 157 cm³/mol. The second kappa shape index (κ2) is 9.48. The van der Waals surface area contributed by atoms with Gasteiger partial charge in [0.2, 0.25) is 0 Å². The Morgan fingerprint density at radius 3 is 2.76 bits per heavy atom. The molecule has 0 spiro atoms. The maximum Gasteiger partial charge on any atom is 0.414 e. The van der Waals surface area contributed by atoms with Crippen LogP contribution in [-0.4, -0.2) is 62.8 Å². The zero-order valence-corrected chi connectivity index (χ0v) is 23.8. The maximum absolute atomic E-state index is 15.2. The standard InChI is InChI=1S/C30H31FN8O3/c1-30(2,3)42-29(40)38(4)23-10-16(31)9-18-24-26(35-25(18)23)36-28(37-27(24)39-13-15-8-20(32)19(15)14-39)41-17-11-22-21(34-12-17)6-5-7-33-22/h5-7,9-12,15,19-20H,8,13-14,32H2,1-4H3,(H,35,36,37). The van der Waals surface area contributed by atoms with Crippen molar-refractivity contribution >= 4 is 50.6 Å². The summed E-state index contributed by atoms with van der Waals surface area (Å²) in [7, 11) is 1.55. The minimum atomic E-state index is -0.716. The number of hydrogen-bond donors (Lipinski definition) is 2. The molecule has 1 saturated heterocycles. The molecule has 0 radical (unpaired) electrons. The number of aromatic nitrogens is 5. The van der Waals surface area contributed by atoms with Crippen molar-refractivity contribution in [3.05, 3.63) is 48.5 Å². The van der Waals surface area contributed by atoms with E-state index in [2.05, 4.69) is 24.8 Å². The van der Waals surface area contributed by atoms with Gasteiger partial charge in [-0.2, -0.15) is 9.97 Å². The molecule has 2 aliphatic rings. The average molecular weight is 571 g/mol. The summed E-state index contributed by atoms with van der Waals surface area (Å²) < 4.78 is 26.8. The number of H-pyrrole nitrogens is 1. The lowest BCUT2D eigenvalue weighted by atomic mass is 9.72. The number of nitrogens with two attached hydrogens (primary N) is 1. The van der Waals surface area contributed by atoms with Crippen LogP contribution in [0.5, 0.6) is 11.8 Å². The van der Waals surface area contributed by atoms with E-state index < -0.39 is 17.5 Å². The fourth-order valence-electron chi connectivity index (χ4n) is 6.00. The Kier molecular flexibility index (Phi) is 5.94. The molecule has 1 amide bonds. The first-order chi connectivity index (χ1) is 20.0. The maximum atomic E-state index is 15.2. The van der Waals surface area contributed by atoms with Crippen LogP contribution in [0.3, 0.4) is 0 Å². The van der Waals surface area contributed by atoms with Gasteiger partial charge in [0, 0.05) is 43.8 Å². The van der Waals surface area contributed by atoms with Crippen LogP contribution in [0, 0.1) is 17.7 Å². The molecule has 4 aromatic heterocycles. The second-order valence-electron chi connectivity index (χ2n) is 12.1. The van der Waals surface area contributed by atoms with E-state index in [-0.39, 0.29) is 12.1 Å². The summed E-state index contributed by atoms with van der Waals surface area (Å²) in [6.07, 6.45) is 3.64. The summed E-state index contributed by atoms with van der Waals surface area (Å²) in [6.45, 7) is 6.84. The first-order valence-corrected chi connectivity index (χ1v) is 13.9. The van der Waals surface area contributed by atoms with Crippen LogP contribution in [0.1, 0.15) is 27.2 Å². The highest BCUT2D eigenvalue weighted by Crippen LogP contribution is 2.45. The van der Waals surface area contributed by atoms with Crippen LogP contribution < -0.4 is 20.3 Å².